The van der Waals surface area contributed by atoms with Gasteiger partial charge in [0.1, 0.15) is 5.75 Å². The number of carbonyl (C=O) groups excluding carboxylic acids is 1. The van der Waals surface area contributed by atoms with E-state index in [2.05, 4.69) is 15.4 Å². The third kappa shape index (κ3) is 7.16. The van der Waals surface area contributed by atoms with Crippen LogP contribution >= 0.6 is 0 Å². The molecular weight excluding hydrogens is 418 g/mol. The molecule has 32 heavy (non-hydrogen) atoms. The summed E-state index contributed by atoms with van der Waals surface area (Å²) in [6.07, 6.45) is 0.497. The number of para-hydroxylation sites is 1. The van der Waals surface area contributed by atoms with Crippen LogP contribution in [0, 0.1) is 0 Å². The monoisotopic (exact) mass is 442 g/mol. The fraction of sp³-hybridized carbons (Fsp3) is 0.208. The lowest BCUT2D eigenvalue weighted by atomic mass is 10.1. The van der Waals surface area contributed by atoms with Gasteiger partial charge in [0.15, 0.2) is 18.1 Å². The number of anilines is 2. The number of ether oxygens (including phenoxy) is 3. The molecule has 0 aromatic heterocycles. The molecular formula is C24H24F2N2O4. The van der Waals surface area contributed by atoms with Gasteiger partial charge in [0.2, 0.25) is 0 Å². The minimum Gasteiger partial charge on any atom is -0.493 e. The lowest BCUT2D eigenvalue weighted by Crippen LogP contribution is -2.30. The van der Waals surface area contributed by atoms with Crippen LogP contribution in [0.5, 0.6) is 17.2 Å². The third-order valence-electron chi connectivity index (χ3n) is 4.47. The minimum absolute atomic E-state index is 0.0336. The molecule has 6 nitrogen and oxygen atoms in total. The van der Waals surface area contributed by atoms with Crippen LogP contribution in [-0.2, 0) is 11.2 Å². The Morgan fingerprint density at radius 2 is 1.66 bits per heavy atom. The Morgan fingerprint density at radius 1 is 0.938 bits per heavy atom. The fourth-order valence-electron chi connectivity index (χ4n) is 2.93. The Labute approximate surface area is 185 Å². The van der Waals surface area contributed by atoms with Crippen LogP contribution in [0.4, 0.5) is 20.2 Å². The number of hydrogen-bond acceptors (Lipinski definition) is 5. The summed E-state index contributed by atoms with van der Waals surface area (Å²) in [6.45, 7) is -2.68. The van der Waals surface area contributed by atoms with Gasteiger partial charge in [0.25, 0.3) is 5.91 Å². The molecule has 0 spiro atoms. The normalized spacial score (nSPS) is 10.5. The Kier molecular flexibility index (Phi) is 8.25. The topological polar surface area (TPSA) is 68.8 Å². The van der Waals surface area contributed by atoms with Crippen molar-refractivity contribution in [2.24, 2.45) is 0 Å². The highest BCUT2D eigenvalue weighted by molar-refractivity contribution is 5.77. The maximum absolute atomic E-state index is 12.4. The van der Waals surface area contributed by atoms with Crippen molar-refractivity contribution in [3.8, 4) is 17.2 Å². The van der Waals surface area contributed by atoms with Crippen molar-refractivity contribution in [1.82, 2.24) is 5.32 Å². The molecule has 0 atom stereocenters. The highest BCUT2D eigenvalue weighted by atomic mass is 19.3. The molecule has 3 aromatic rings. The number of rotatable bonds is 11. The van der Waals surface area contributed by atoms with Gasteiger partial charge < -0.3 is 24.8 Å². The van der Waals surface area contributed by atoms with E-state index in [1.165, 1.54) is 13.2 Å². The first kappa shape index (κ1) is 22.9. The summed E-state index contributed by atoms with van der Waals surface area (Å²) in [6, 6.07) is 21.8. The summed E-state index contributed by atoms with van der Waals surface area (Å²) in [7, 11) is 1.38. The maximum Gasteiger partial charge on any atom is 0.387 e. The second kappa shape index (κ2) is 11.5. The van der Waals surface area contributed by atoms with Crippen LogP contribution < -0.4 is 24.8 Å². The van der Waals surface area contributed by atoms with Crippen molar-refractivity contribution in [1.29, 1.82) is 0 Å². The van der Waals surface area contributed by atoms with Gasteiger partial charge in [0, 0.05) is 17.9 Å². The zero-order valence-electron chi connectivity index (χ0n) is 17.5. The van der Waals surface area contributed by atoms with Gasteiger partial charge in [0.05, 0.1) is 7.11 Å². The highest BCUT2D eigenvalue weighted by Gasteiger charge is 2.11. The number of halogens is 2. The van der Waals surface area contributed by atoms with Crippen LogP contribution in [0.2, 0.25) is 0 Å². The average molecular weight is 442 g/mol. The summed E-state index contributed by atoms with van der Waals surface area (Å²) in [5.41, 5.74) is 2.70. The number of carbonyl (C=O) groups is 1. The SMILES string of the molecule is COc1cc(CCNC(=O)COc2ccc(Nc3ccccc3)cc2)ccc1OC(F)F. The second-order valence-corrected chi connectivity index (χ2v) is 6.77. The number of nitrogens with one attached hydrogen (secondary N) is 2. The predicted molar refractivity (Wildman–Crippen MR) is 118 cm³/mol. The quantitative estimate of drug-likeness (QED) is 0.447. The van der Waals surface area contributed by atoms with Gasteiger partial charge in [-0.2, -0.15) is 8.78 Å². The third-order valence-corrected chi connectivity index (χ3v) is 4.47. The molecule has 0 aliphatic carbocycles. The molecule has 0 unspecified atom stereocenters. The van der Waals surface area contributed by atoms with Crippen molar-refractivity contribution < 1.29 is 27.8 Å². The Morgan fingerprint density at radius 3 is 2.34 bits per heavy atom. The molecule has 168 valence electrons. The van der Waals surface area contributed by atoms with E-state index in [0.717, 1.165) is 16.9 Å². The zero-order valence-corrected chi connectivity index (χ0v) is 17.5. The molecule has 0 aliphatic heterocycles. The summed E-state index contributed by atoms with van der Waals surface area (Å²) in [5, 5.41) is 6.03. The first-order chi connectivity index (χ1) is 15.5. The maximum atomic E-state index is 12.4. The van der Waals surface area contributed by atoms with Gasteiger partial charge in [-0.15, -0.1) is 0 Å². The van der Waals surface area contributed by atoms with Gasteiger partial charge in [-0.25, -0.2) is 0 Å². The van der Waals surface area contributed by atoms with Crippen molar-refractivity contribution in [3.63, 3.8) is 0 Å². The molecule has 3 rings (SSSR count). The summed E-state index contributed by atoms with van der Waals surface area (Å²) < 4.78 is 39.8. The number of benzene rings is 3. The highest BCUT2D eigenvalue weighted by Crippen LogP contribution is 2.29. The second-order valence-electron chi connectivity index (χ2n) is 6.77. The van der Waals surface area contributed by atoms with Crippen LogP contribution in [0.15, 0.2) is 72.8 Å². The molecule has 2 N–H and O–H groups in total. The Bertz CT molecular complexity index is 999. The van der Waals surface area contributed by atoms with E-state index in [4.69, 9.17) is 9.47 Å². The Hall–Kier alpha value is -3.81. The van der Waals surface area contributed by atoms with Gasteiger partial charge >= 0.3 is 6.61 Å². The molecule has 0 aliphatic rings. The van der Waals surface area contributed by atoms with E-state index in [-0.39, 0.29) is 24.0 Å². The van der Waals surface area contributed by atoms with E-state index in [1.807, 2.05) is 42.5 Å². The zero-order chi connectivity index (χ0) is 22.8. The number of alkyl halides is 2. The van der Waals surface area contributed by atoms with Crippen LogP contribution in [-0.4, -0.2) is 32.8 Å². The van der Waals surface area contributed by atoms with Crippen LogP contribution in [0.1, 0.15) is 5.56 Å². The minimum atomic E-state index is -2.93. The molecule has 0 radical (unpaired) electrons. The average Bonchev–Trinajstić information content (AvgIpc) is 2.80. The van der Waals surface area contributed by atoms with Gasteiger partial charge in [-0.3, -0.25) is 4.79 Å². The molecule has 0 saturated carbocycles. The molecule has 0 fully saturated rings. The molecule has 3 aromatic carbocycles. The van der Waals surface area contributed by atoms with Crippen molar-refractivity contribution in [2.75, 3.05) is 25.6 Å². The van der Waals surface area contributed by atoms with E-state index in [0.29, 0.717) is 18.7 Å². The number of amides is 1. The van der Waals surface area contributed by atoms with Gasteiger partial charge in [-0.05, 0) is 60.5 Å². The molecule has 0 heterocycles. The molecule has 8 heteroatoms. The fourth-order valence-corrected chi connectivity index (χ4v) is 2.93. The standard InChI is InChI=1S/C24H24F2N2O4/c1-30-22-15-17(7-12-21(22)32-24(25)26)13-14-27-23(29)16-31-20-10-8-19(9-11-20)28-18-5-3-2-4-6-18/h2-12,15,24,28H,13-14,16H2,1H3,(H,27,29). The lowest BCUT2D eigenvalue weighted by molar-refractivity contribution is -0.123. The molecule has 1 amide bonds. The number of hydrogen-bond donors (Lipinski definition) is 2. The van der Waals surface area contributed by atoms with Gasteiger partial charge in [-0.1, -0.05) is 24.3 Å². The van der Waals surface area contributed by atoms with Crippen LogP contribution in [0.25, 0.3) is 0 Å². The molecule has 0 saturated heterocycles. The van der Waals surface area contributed by atoms with E-state index >= 15 is 0 Å². The smallest absolute Gasteiger partial charge is 0.387 e. The van der Waals surface area contributed by atoms with E-state index < -0.39 is 6.61 Å². The number of methoxy groups -OCH3 is 1. The summed E-state index contributed by atoms with van der Waals surface area (Å²) in [4.78, 5) is 12.0. The van der Waals surface area contributed by atoms with E-state index in [1.54, 1.807) is 24.3 Å². The first-order valence-electron chi connectivity index (χ1n) is 9.97. The summed E-state index contributed by atoms with van der Waals surface area (Å²) in [5.74, 6) is 0.496. The van der Waals surface area contributed by atoms with Crippen molar-refractivity contribution in [3.05, 3.63) is 78.4 Å². The van der Waals surface area contributed by atoms with Crippen LogP contribution in [0.3, 0.4) is 0 Å². The van der Waals surface area contributed by atoms with E-state index in [9.17, 15) is 13.6 Å². The van der Waals surface area contributed by atoms with Crippen molar-refractivity contribution in [2.45, 2.75) is 13.0 Å². The molecule has 0 bridgehead atoms. The Balaban J connectivity index is 1.40. The summed E-state index contributed by atoms with van der Waals surface area (Å²) >= 11 is 0. The lowest BCUT2D eigenvalue weighted by Gasteiger charge is -2.12. The largest absolute Gasteiger partial charge is 0.493 e. The van der Waals surface area contributed by atoms with Crippen molar-refractivity contribution >= 4 is 17.3 Å². The predicted octanol–water partition coefficient (Wildman–Crippen LogP) is 4.78. The first-order valence-corrected chi connectivity index (χ1v) is 9.97.